The fourth-order valence-corrected chi connectivity index (χ4v) is 2.32. The van der Waals surface area contributed by atoms with Gasteiger partial charge in [0.1, 0.15) is 5.82 Å². The number of nitrogens with zero attached hydrogens (tertiary/aromatic N) is 2. The maximum Gasteiger partial charge on any atom is 0.140 e. The molecule has 1 saturated heterocycles. The quantitative estimate of drug-likeness (QED) is 0.602. The highest BCUT2D eigenvalue weighted by atomic mass is 16.5. The molecule has 17 heavy (non-hydrogen) atoms. The van der Waals surface area contributed by atoms with E-state index in [-0.39, 0.29) is 0 Å². The Balaban J connectivity index is 1.99. The Morgan fingerprint density at radius 2 is 2.41 bits per heavy atom. The van der Waals surface area contributed by atoms with Gasteiger partial charge in [0.05, 0.1) is 11.8 Å². The van der Waals surface area contributed by atoms with Gasteiger partial charge in [0.2, 0.25) is 0 Å². The summed E-state index contributed by atoms with van der Waals surface area (Å²) in [5.41, 5.74) is 3.58. The predicted octanol–water partition coefficient (Wildman–Crippen LogP) is 0.976. The second kappa shape index (κ2) is 5.44. The lowest BCUT2D eigenvalue weighted by Crippen LogP contribution is -2.36. The van der Waals surface area contributed by atoms with Gasteiger partial charge >= 0.3 is 0 Å². The Morgan fingerprint density at radius 3 is 3.06 bits per heavy atom. The first-order chi connectivity index (χ1) is 8.20. The van der Waals surface area contributed by atoms with Crippen molar-refractivity contribution < 1.29 is 4.74 Å². The molecule has 1 aromatic rings. The molecule has 2 atom stereocenters. The third kappa shape index (κ3) is 2.94. The van der Waals surface area contributed by atoms with E-state index in [2.05, 4.69) is 29.3 Å². The minimum atomic E-state index is 0.302. The summed E-state index contributed by atoms with van der Waals surface area (Å²) in [5.74, 6) is 6.05. The molecule has 94 valence electrons. The van der Waals surface area contributed by atoms with Gasteiger partial charge < -0.3 is 10.2 Å². The molecular weight excluding hydrogens is 216 g/mol. The van der Waals surface area contributed by atoms with Crippen molar-refractivity contribution in [3.8, 4) is 0 Å². The van der Waals surface area contributed by atoms with E-state index in [4.69, 9.17) is 10.6 Å². The average Bonchev–Trinajstić information content (AvgIpc) is 2.76. The van der Waals surface area contributed by atoms with Crippen LogP contribution < -0.4 is 11.3 Å². The zero-order chi connectivity index (χ0) is 12.3. The highest BCUT2D eigenvalue weighted by Gasteiger charge is 2.27. The maximum atomic E-state index is 5.57. The number of nitrogens with two attached hydrogens (primary N) is 1. The Hall–Kier alpha value is -1.17. The zero-order valence-corrected chi connectivity index (χ0v) is 10.4. The smallest absolute Gasteiger partial charge is 0.140 e. The number of nitrogens with one attached hydrogen (secondary N) is 1. The van der Waals surface area contributed by atoms with Crippen LogP contribution in [0, 0.1) is 0 Å². The molecular formula is C12H20N4O. The number of ether oxygens (including phenoxy) is 1. The molecule has 0 aliphatic carbocycles. The van der Waals surface area contributed by atoms with Crippen LogP contribution in [-0.4, -0.2) is 35.7 Å². The van der Waals surface area contributed by atoms with E-state index in [9.17, 15) is 0 Å². The first-order valence-electron chi connectivity index (χ1n) is 5.95. The van der Waals surface area contributed by atoms with E-state index in [0.29, 0.717) is 18.0 Å². The summed E-state index contributed by atoms with van der Waals surface area (Å²) in [7, 11) is 2.11. The van der Waals surface area contributed by atoms with Gasteiger partial charge in [-0.3, -0.25) is 4.90 Å². The van der Waals surface area contributed by atoms with Crippen LogP contribution in [0.1, 0.15) is 19.0 Å². The van der Waals surface area contributed by atoms with Crippen molar-refractivity contribution in [1.82, 2.24) is 9.88 Å². The first-order valence-corrected chi connectivity index (χ1v) is 5.95. The van der Waals surface area contributed by atoms with Gasteiger partial charge in [0, 0.05) is 19.2 Å². The molecule has 0 bridgehead atoms. The second-order valence-electron chi connectivity index (χ2n) is 4.51. The van der Waals surface area contributed by atoms with Crippen molar-refractivity contribution >= 4 is 5.82 Å². The molecule has 0 aromatic carbocycles. The number of hydrogen-bond donors (Lipinski definition) is 2. The predicted molar refractivity (Wildman–Crippen MR) is 67.3 cm³/mol. The lowest BCUT2D eigenvalue weighted by atomic mass is 10.1. The first kappa shape index (κ1) is 12.3. The van der Waals surface area contributed by atoms with E-state index in [0.717, 1.165) is 25.3 Å². The summed E-state index contributed by atoms with van der Waals surface area (Å²) in [6.07, 6.45) is 1.39. The van der Waals surface area contributed by atoms with Crippen LogP contribution in [0.5, 0.6) is 0 Å². The Bertz CT molecular complexity index is 371. The number of hydrazine groups is 1. The maximum absolute atomic E-state index is 5.57. The van der Waals surface area contributed by atoms with Crippen molar-refractivity contribution in [3.63, 3.8) is 0 Å². The standard InChI is InChI=1S/C12H20N4O/c1-9-11(6-7-17-9)16(2)8-10-4-3-5-12(14-10)15-13/h3-5,9,11H,6-8,13H2,1-2H3,(H,14,15). The third-order valence-electron chi connectivity index (χ3n) is 3.27. The molecule has 1 aliphatic heterocycles. The zero-order valence-electron chi connectivity index (χ0n) is 10.4. The normalized spacial score (nSPS) is 24.2. The average molecular weight is 236 g/mol. The molecule has 2 unspecified atom stereocenters. The minimum Gasteiger partial charge on any atom is -0.377 e. The van der Waals surface area contributed by atoms with Gasteiger partial charge in [-0.2, -0.15) is 0 Å². The molecule has 5 heteroatoms. The molecule has 3 N–H and O–H groups in total. The number of rotatable bonds is 4. The van der Waals surface area contributed by atoms with Crippen molar-refractivity contribution in [2.45, 2.75) is 32.0 Å². The van der Waals surface area contributed by atoms with E-state index in [1.54, 1.807) is 0 Å². The third-order valence-corrected chi connectivity index (χ3v) is 3.27. The lowest BCUT2D eigenvalue weighted by Gasteiger charge is -2.26. The highest BCUT2D eigenvalue weighted by molar-refractivity contribution is 5.33. The minimum absolute atomic E-state index is 0.302. The number of anilines is 1. The van der Waals surface area contributed by atoms with Crippen molar-refractivity contribution in [1.29, 1.82) is 0 Å². The molecule has 2 heterocycles. The van der Waals surface area contributed by atoms with Crippen LogP contribution in [0.25, 0.3) is 0 Å². The van der Waals surface area contributed by atoms with Gasteiger partial charge in [0.15, 0.2) is 0 Å². The Kier molecular flexibility index (Phi) is 3.93. The summed E-state index contributed by atoms with van der Waals surface area (Å²) in [6.45, 7) is 3.79. The van der Waals surface area contributed by atoms with Crippen LogP contribution in [0.4, 0.5) is 5.82 Å². The van der Waals surface area contributed by atoms with Gasteiger partial charge in [0.25, 0.3) is 0 Å². The topological polar surface area (TPSA) is 63.4 Å². The number of aromatic nitrogens is 1. The molecule has 0 saturated carbocycles. The summed E-state index contributed by atoms with van der Waals surface area (Å²) >= 11 is 0. The van der Waals surface area contributed by atoms with Gasteiger partial charge in [-0.05, 0) is 32.5 Å². The van der Waals surface area contributed by atoms with E-state index in [1.165, 1.54) is 0 Å². The van der Waals surface area contributed by atoms with Crippen molar-refractivity contribution in [2.75, 3.05) is 19.1 Å². The molecule has 1 aromatic heterocycles. The van der Waals surface area contributed by atoms with Crippen LogP contribution in [-0.2, 0) is 11.3 Å². The number of nitrogen functional groups attached to an aromatic ring is 1. The molecule has 2 rings (SSSR count). The molecule has 0 radical (unpaired) electrons. The van der Waals surface area contributed by atoms with E-state index < -0.39 is 0 Å². The Morgan fingerprint density at radius 1 is 1.59 bits per heavy atom. The molecule has 1 fully saturated rings. The summed E-state index contributed by atoms with van der Waals surface area (Å²) in [4.78, 5) is 6.70. The SMILES string of the molecule is CC1OCCC1N(C)Cc1cccc(NN)n1. The number of pyridine rings is 1. The van der Waals surface area contributed by atoms with Crippen LogP contribution in [0.15, 0.2) is 18.2 Å². The summed E-state index contributed by atoms with van der Waals surface area (Å²) in [5, 5.41) is 0. The number of likely N-dealkylation sites (N-methyl/N-ethyl adjacent to an activating group) is 1. The molecule has 5 nitrogen and oxygen atoms in total. The molecule has 0 amide bonds. The molecule has 0 spiro atoms. The van der Waals surface area contributed by atoms with Crippen molar-refractivity contribution in [2.24, 2.45) is 5.84 Å². The number of hydrogen-bond acceptors (Lipinski definition) is 5. The summed E-state index contributed by atoms with van der Waals surface area (Å²) < 4.78 is 5.57. The largest absolute Gasteiger partial charge is 0.377 e. The van der Waals surface area contributed by atoms with Gasteiger partial charge in [-0.15, -0.1) is 0 Å². The monoisotopic (exact) mass is 236 g/mol. The summed E-state index contributed by atoms with van der Waals surface area (Å²) in [6, 6.07) is 6.30. The van der Waals surface area contributed by atoms with Crippen LogP contribution >= 0.6 is 0 Å². The highest BCUT2D eigenvalue weighted by Crippen LogP contribution is 2.19. The van der Waals surface area contributed by atoms with E-state index in [1.807, 2.05) is 18.2 Å². The second-order valence-corrected chi connectivity index (χ2v) is 4.51. The van der Waals surface area contributed by atoms with Crippen LogP contribution in [0.2, 0.25) is 0 Å². The molecule has 1 aliphatic rings. The Labute approximate surface area is 102 Å². The fourth-order valence-electron chi connectivity index (χ4n) is 2.32. The lowest BCUT2D eigenvalue weighted by molar-refractivity contribution is 0.0810. The van der Waals surface area contributed by atoms with E-state index >= 15 is 0 Å². The van der Waals surface area contributed by atoms with Crippen LogP contribution in [0.3, 0.4) is 0 Å². The van der Waals surface area contributed by atoms with Crippen molar-refractivity contribution in [3.05, 3.63) is 23.9 Å². The fraction of sp³-hybridized carbons (Fsp3) is 0.583. The van der Waals surface area contributed by atoms with Gasteiger partial charge in [-0.1, -0.05) is 6.07 Å². The van der Waals surface area contributed by atoms with Gasteiger partial charge in [-0.25, -0.2) is 10.8 Å².